The van der Waals surface area contributed by atoms with E-state index in [1.807, 2.05) is 4.68 Å². The molecule has 114 valence electrons. The molecule has 0 saturated carbocycles. The van der Waals surface area contributed by atoms with Crippen molar-refractivity contribution in [2.24, 2.45) is 5.73 Å². The number of hydrogen-bond donors (Lipinski definition) is 1. The lowest BCUT2D eigenvalue weighted by molar-refractivity contribution is 0.451. The Labute approximate surface area is 128 Å². The number of hydrogen-bond acceptors (Lipinski definition) is 2. The SMILES string of the molecule is CCc1ccc(C(C)(N)Cc2ccn(C(C)CC)n2)cc1. The molecule has 2 N–H and O–H groups in total. The third-order valence-corrected chi connectivity index (χ3v) is 4.28. The van der Waals surface area contributed by atoms with Crippen molar-refractivity contribution in [3.05, 3.63) is 53.3 Å². The largest absolute Gasteiger partial charge is 0.321 e. The van der Waals surface area contributed by atoms with Crippen LogP contribution >= 0.6 is 0 Å². The molecule has 0 radical (unpaired) electrons. The van der Waals surface area contributed by atoms with Crippen molar-refractivity contribution in [3.63, 3.8) is 0 Å². The van der Waals surface area contributed by atoms with Gasteiger partial charge >= 0.3 is 0 Å². The standard InChI is InChI=1S/C18H27N3/c1-5-14(3)21-12-11-17(20-21)13-18(4,19)16-9-7-15(6-2)8-10-16/h7-12,14H,5-6,13,19H2,1-4H3. The van der Waals surface area contributed by atoms with Gasteiger partial charge in [0.25, 0.3) is 0 Å². The molecule has 2 rings (SSSR count). The summed E-state index contributed by atoms with van der Waals surface area (Å²) in [6.07, 6.45) is 4.95. The van der Waals surface area contributed by atoms with Crippen molar-refractivity contribution in [3.8, 4) is 0 Å². The van der Waals surface area contributed by atoms with Crippen molar-refractivity contribution in [2.75, 3.05) is 0 Å². The lowest BCUT2D eigenvalue weighted by Gasteiger charge is -2.24. The van der Waals surface area contributed by atoms with Crippen LogP contribution in [0.3, 0.4) is 0 Å². The summed E-state index contributed by atoms with van der Waals surface area (Å²) in [5.74, 6) is 0. The molecule has 2 aromatic rings. The van der Waals surface area contributed by atoms with Gasteiger partial charge in [-0.3, -0.25) is 4.68 Å². The van der Waals surface area contributed by atoms with Crippen LogP contribution in [0.2, 0.25) is 0 Å². The van der Waals surface area contributed by atoms with E-state index in [4.69, 9.17) is 5.73 Å². The highest BCUT2D eigenvalue weighted by Crippen LogP contribution is 2.23. The second-order valence-corrected chi connectivity index (χ2v) is 6.19. The molecule has 2 unspecified atom stereocenters. The topological polar surface area (TPSA) is 43.8 Å². The molecule has 0 bridgehead atoms. The minimum atomic E-state index is -0.388. The van der Waals surface area contributed by atoms with E-state index < -0.39 is 0 Å². The average molecular weight is 285 g/mol. The van der Waals surface area contributed by atoms with Crippen LogP contribution in [0, 0.1) is 0 Å². The molecule has 0 aliphatic rings. The number of nitrogens with zero attached hydrogens (tertiary/aromatic N) is 2. The Kier molecular flexibility index (Phi) is 4.84. The van der Waals surface area contributed by atoms with Crippen LogP contribution in [-0.2, 0) is 18.4 Å². The summed E-state index contributed by atoms with van der Waals surface area (Å²) in [7, 11) is 0. The average Bonchev–Trinajstić information content (AvgIpc) is 2.94. The minimum Gasteiger partial charge on any atom is -0.321 e. The van der Waals surface area contributed by atoms with Crippen LogP contribution in [0.4, 0.5) is 0 Å². The first kappa shape index (κ1) is 15.8. The molecule has 0 saturated heterocycles. The monoisotopic (exact) mass is 285 g/mol. The number of aromatic nitrogens is 2. The van der Waals surface area contributed by atoms with E-state index in [2.05, 4.69) is 69.3 Å². The van der Waals surface area contributed by atoms with Crippen molar-refractivity contribution < 1.29 is 0 Å². The van der Waals surface area contributed by atoms with Gasteiger partial charge in [-0.1, -0.05) is 38.1 Å². The zero-order valence-corrected chi connectivity index (χ0v) is 13.6. The van der Waals surface area contributed by atoms with Gasteiger partial charge in [-0.2, -0.15) is 5.10 Å². The van der Waals surface area contributed by atoms with Crippen LogP contribution in [0.25, 0.3) is 0 Å². The van der Waals surface area contributed by atoms with E-state index in [-0.39, 0.29) is 5.54 Å². The predicted octanol–water partition coefficient (Wildman–Crippen LogP) is 3.83. The van der Waals surface area contributed by atoms with Gasteiger partial charge in [-0.15, -0.1) is 0 Å². The maximum atomic E-state index is 6.53. The van der Waals surface area contributed by atoms with Gasteiger partial charge in [0.2, 0.25) is 0 Å². The molecule has 3 nitrogen and oxygen atoms in total. The van der Waals surface area contributed by atoms with E-state index in [9.17, 15) is 0 Å². The molecule has 0 fully saturated rings. The number of aryl methyl sites for hydroxylation is 1. The lowest BCUT2D eigenvalue weighted by atomic mass is 9.88. The second kappa shape index (κ2) is 6.44. The van der Waals surface area contributed by atoms with Gasteiger partial charge in [0.05, 0.1) is 5.69 Å². The van der Waals surface area contributed by atoms with Crippen LogP contribution in [0.5, 0.6) is 0 Å². The minimum absolute atomic E-state index is 0.388. The van der Waals surface area contributed by atoms with Crippen LogP contribution in [0.1, 0.15) is 57.0 Å². The summed E-state index contributed by atoms with van der Waals surface area (Å²) in [6, 6.07) is 11.1. The van der Waals surface area contributed by atoms with E-state index in [0.717, 1.165) is 30.5 Å². The number of nitrogens with two attached hydrogens (primary N) is 1. The van der Waals surface area contributed by atoms with Gasteiger partial charge in [-0.05, 0) is 43.9 Å². The maximum Gasteiger partial charge on any atom is 0.0646 e. The van der Waals surface area contributed by atoms with E-state index >= 15 is 0 Å². The maximum absolute atomic E-state index is 6.53. The smallest absolute Gasteiger partial charge is 0.0646 e. The zero-order chi connectivity index (χ0) is 15.5. The summed E-state index contributed by atoms with van der Waals surface area (Å²) in [5, 5.41) is 4.66. The quantitative estimate of drug-likeness (QED) is 0.876. The van der Waals surface area contributed by atoms with Crippen LogP contribution in [0.15, 0.2) is 36.5 Å². The Morgan fingerprint density at radius 1 is 1.19 bits per heavy atom. The van der Waals surface area contributed by atoms with E-state index in [0.29, 0.717) is 6.04 Å². The first-order chi connectivity index (χ1) is 9.96. The van der Waals surface area contributed by atoms with Crippen molar-refractivity contribution in [1.82, 2.24) is 9.78 Å². The fraction of sp³-hybridized carbons (Fsp3) is 0.500. The normalized spacial score (nSPS) is 15.7. The Hall–Kier alpha value is -1.61. The first-order valence-corrected chi connectivity index (χ1v) is 7.88. The summed E-state index contributed by atoms with van der Waals surface area (Å²) < 4.78 is 2.03. The summed E-state index contributed by atoms with van der Waals surface area (Å²) in [5.41, 5.74) is 9.71. The fourth-order valence-electron chi connectivity index (χ4n) is 2.50. The molecule has 0 aliphatic carbocycles. The summed E-state index contributed by atoms with van der Waals surface area (Å²) in [4.78, 5) is 0. The van der Waals surface area contributed by atoms with Gasteiger partial charge in [0.1, 0.15) is 0 Å². The molecule has 0 spiro atoms. The predicted molar refractivity (Wildman–Crippen MR) is 88.3 cm³/mol. The third kappa shape index (κ3) is 3.73. The molecular weight excluding hydrogens is 258 g/mol. The Morgan fingerprint density at radius 2 is 1.86 bits per heavy atom. The Bertz CT molecular complexity index is 566. The Morgan fingerprint density at radius 3 is 2.43 bits per heavy atom. The second-order valence-electron chi connectivity index (χ2n) is 6.19. The molecule has 0 aliphatic heterocycles. The molecule has 3 heteroatoms. The Balaban J connectivity index is 2.14. The molecule has 0 amide bonds. The van der Waals surface area contributed by atoms with Gasteiger partial charge in [0, 0.05) is 24.2 Å². The lowest BCUT2D eigenvalue weighted by Crippen LogP contribution is -2.35. The molecule has 2 atom stereocenters. The van der Waals surface area contributed by atoms with Crippen LogP contribution in [-0.4, -0.2) is 9.78 Å². The molecule has 1 aromatic heterocycles. The molecule has 1 heterocycles. The highest BCUT2D eigenvalue weighted by Gasteiger charge is 2.23. The van der Waals surface area contributed by atoms with E-state index in [1.54, 1.807) is 0 Å². The first-order valence-electron chi connectivity index (χ1n) is 7.88. The molecular formula is C18H27N3. The molecule has 21 heavy (non-hydrogen) atoms. The highest BCUT2D eigenvalue weighted by molar-refractivity contribution is 5.29. The fourth-order valence-corrected chi connectivity index (χ4v) is 2.50. The van der Waals surface area contributed by atoms with Crippen molar-refractivity contribution in [2.45, 2.75) is 58.5 Å². The van der Waals surface area contributed by atoms with E-state index in [1.165, 1.54) is 5.56 Å². The molecule has 1 aromatic carbocycles. The van der Waals surface area contributed by atoms with Crippen molar-refractivity contribution >= 4 is 0 Å². The third-order valence-electron chi connectivity index (χ3n) is 4.28. The highest BCUT2D eigenvalue weighted by atomic mass is 15.3. The summed E-state index contributed by atoms with van der Waals surface area (Å²) >= 11 is 0. The number of rotatable bonds is 6. The summed E-state index contributed by atoms with van der Waals surface area (Å²) in [6.45, 7) is 8.60. The zero-order valence-electron chi connectivity index (χ0n) is 13.6. The van der Waals surface area contributed by atoms with Crippen molar-refractivity contribution in [1.29, 1.82) is 0 Å². The van der Waals surface area contributed by atoms with Gasteiger partial charge in [-0.25, -0.2) is 0 Å². The van der Waals surface area contributed by atoms with Gasteiger partial charge < -0.3 is 5.73 Å². The van der Waals surface area contributed by atoms with Gasteiger partial charge in [0.15, 0.2) is 0 Å². The van der Waals surface area contributed by atoms with Crippen LogP contribution < -0.4 is 5.73 Å². The number of benzene rings is 1.